The third-order valence-corrected chi connectivity index (χ3v) is 5.22. The Balaban J connectivity index is 2.38. The van der Waals surface area contributed by atoms with Crippen molar-refractivity contribution in [2.24, 2.45) is 5.73 Å². The summed E-state index contributed by atoms with van der Waals surface area (Å²) in [5.74, 6) is 0. The first-order chi connectivity index (χ1) is 9.82. The highest BCUT2D eigenvalue weighted by atomic mass is 35.5. The van der Waals surface area contributed by atoms with Gasteiger partial charge >= 0.3 is 0 Å². The second kappa shape index (κ2) is 6.01. The fraction of sp³-hybridized carbons (Fsp3) is 0.0714. The van der Waals surface area contributed by atoms with Crippen molar-refractivity contribution in [1.82, 2.24) is 0 Å². The number of sulfonamides is 1. The van der Waals surface area contributed by atoms with Crippen LogP contribution in [-0.4, -0.2) is 20.5 Å². The molecule has 7 heteroatoms. The summed E-state index contributed by atoms with van der Waals surface area (Å²) in [6.45, 7) is 0. The second-order valence-corrected chi connectivity index (χ2v) is 7.19. The molecular formula is C14H13ClN2O2S2. The van der Waals surface area contributed by atoms with Gasteiger partial charge in [-0.1, -0.05) is 29.9 Å². The summed E-state index contributed by atoms with van der Waals surface area (Å²) in [5, 5.41) is 0.369. The molecule has 2 aromatic carbocycles. The van der Waals surface area contributed by atoms with Crippen LogP contribution in [-0.2, 0) is 10.0 Å². The molecule has 0 aromatic heterocycles. The number of anilines is 1. The molecular weight excluding hydrogens is 328 g/mol. The summed E-state index contributed by atoms with van der Waals surface area (Å²) in [6.07, 6.45) is 0. The Kier molecular flexibility index (Phi) is 4.51. The van der Waals surface area contributed by atoms with Gasteiger partial charge < -0.3 is 5.73 Å². The van der Waals surface area contributed by atoms with Gasteiger partial charge in [0, 0.05) is 17.6 Å². The summed E-state index contributed by atoms with van der Waals surface area (Å²) < 4.78 is 26.2. The van der Waals surface area contributed by atoms with Gasteiger partial charge in [-0.2, -0.15) is 0 Å². The smallest absolute Gasteiger partial charge is 0.264 e. The summed E-state index contributed by atoms with van der Waals surface area (Å²) in [6, 6.07) is 12.8. The topological polar surface area (TPSA) is 63.4 Å². The molecule has 0 bridgehead atoms. The largest absolute Gasteiger partial charge is 0.389 e. The van der Waals surface area contributed by atoms with Crippen LogP contribution in [0, 0.1) is 0 Å². The van der Waals surface area contributed by atoms with Gasteiger partial charge in [-0.05, 0) is 42.5 Å². The van der Waals surface area contributed by atoms with Crippen molar-refractivity contribution in [3.05, 3.63) is 59.1 Å². The van der Waals surface area contributed by atoms with Crippen molar-refractivity contribution in [3.63, 3.8) is 0 Å². The van der Waals surface area contributed by atoms with Crippen molar-refractivity contribution >= 4 is 44.5 Å². The molecule has 0 aliphatic carbocycles. The number of hydrogen-bond acceptors (Lipinski definition) is 3. The highest BCUT2D eigenvalue weighted by molar-refractivity contribution is 7.92. The predicted octanol–water partition coefficient (Wildman–Crippen LogP) is 2.80. The van der Waals surface area contributed by atoms with E-state index < -0.39 is 10.0 Å². The fourth-order valence-corrected chi connectivity index (χ4v) is 3.39. The lowest BCUT2D eigenvalue weighted by Crippen LogP contribution is -2.26. The van der Waals surface area contributed by atoms with Crippen molar-refractivity contribution in [3.8, 4) is 0 Å². The molecule has 4 nitrogen and oxygen atoms in total. The first-order valence-corrected chi connectivity index (χ1v) is 8.19. The van der Waals surface area contributed by atoms with Crippen LogP contribution >= 0.6 is 23.8 Å². The van der Waals surface area contributed by atoms with Crippen LogP contribution in [0.15, 0.2) is 53.4 Å². The Morgan fingerprint density at radius 2 is 1.81 bits per heavy atom. The summed E-state index contributed by atoms with van der Waals surface area (Å²) in [5.41, 5.74) is 6.71. The van der Waals surface area contributed by atoms with Gasteiger partial charge in [-0.3, -0.25) is 4.31 Å². The highest BCUT2D eigenvalue weighted by Gasteiger charge is 2.21. The van der Waals surface area contributed by atoms with Crippen molar-refractivity contribution in [1.29, 1.82) is 0 Å². The summed E-state index contributed by atoms with van der Waals surface area (Å²) >= 11 is 10.7. The quantitative estimate of drug-likeness (QED) is 0.869. The van der Waals surface area contributed by atoms with Gasteiger partial charge in [0.25, 0.3) is 10.0 Å². The van der Waals surface area contributed by atoms with Gasteiger partial charge in [-0.15, -0.1) is 0 Å². The monoisotopic (exact) mass is 340 g/mol. The minimum absolute atomic E-state index is 0.135. The van der Waals surface area contributed by atoms with Gasteiger partial charge in [-0.25, -0.2) is 8.42 Å². The van der Waals surface area contributed by atoms with E-state index in [0.717, 1.165) is 0 Å². The van der Waals surface area contributed by atoms with Crippen LogP contribution in [0.4, 0.5) is 5.69 Å². The zero-order chi connectivity index (χ0) is 15.6. The number of thiocarbonyl (C=S) groups is 1. The molecule has 0 atom stereocenters. The molecule has 0 spiro atoms. The standard InChI is InChI=1S/C14H13ClN2O2S2/c1-17(12-7-5-10(6-8-12)14(16)20)21(18,19)13-4-2-3-11(15)9-13/h2-9H,1H3,(H2,16,20). The molecule has 0 amide bonds. The Morgan fingerprint density at radius 1 is 1.19 bits per heavy atom. The second-order valence-electron chi connectivity index (χ2n) is 4.34. The molecule has 0 aliphatic heterocycles. The lowest BCUT2D eigenvalue weighted by Gasteiger charge is -2.19. The maximum Gasteiger partial charge on any atom is 0.264 e. The molecule has 21 heavy (non-hydrogen) atoms. The molecule has 0 fully saturated rings. The van der Waals surface area contributed by atoms with E-state index in [9.17, 15) is 8.42 Å². The molecule has 110 valence electrons. The first-order valence-electron chi connectivity index (χ1n) is 5.97. The number of benzene rings is 2. The summed E-state index contributed by atoms with van der Waals surface area (Å²) in [4.78, 5) is 0.401. The number of nitrogens with zero attached hydrogens (tertiary/aromatic N) is 1. The van der Waals surface area contributed by atoms with Gasteiger partial charge in [0.1, 0.15) is 4.99 Å². The minimum Gasteiger partial charge on any atom is -0.389 e. The van der Waals surface area contributed by atoms with E-state index in [1.807, 2.05) is 0 Å². The van der Waals surface area contributed by atoms with Crippen LogP contribution in [0.2, 0.25) is 5.02 Å². The van der Waals surface area contributed by atoms with Gasteiger partial charge in [0.2, 0.25) is 0 Å². The minimum atomic E-state index is -3.66. The van der Waals surface area contributed by atoms with E-state index in [0.29, 0.717) is 16.3 Å². The van der Waals surface area contributed by atoms with Crippen LogP contribution in [0.3, 0.4) is 0 Å². The first kappa shape index (κ1) is 15.8. The zero-order valence-corrected chi connectivity index (χ0v) is 13.5. The van der Waals surface area contributed by atoms with Crippen molar-refractivity contribution in [2.45, 2.75) is 4.90 Å². The average molecular weight is 341 g/mol. The van der Waals surface area contributed by atoms with Crippen molar-refractivity contribution < 1.29 is 8.42 Å². The predicted molar refractivity (Wildman–Crippen MR) is 89.4 cm³/mol. The van der Waals surface area contributed by atoms with Crippen molar-refractivity contribution in [2.75, 3.05) is 11.4 Å². The molecule has 0 radical (unpaired) electrons. The maximum absolute atomic E-state index is 12.5. The van der Waals surface area contributed by atoms with Gasteiger partial charge in [0.15, 0.2) is 0 Å². The molecule has 0 heterocycles. The maximum atomic E-state index is 12.5. The van der Waals surface area contributed by atoms with E-state index in [-0.39, 0.29) is 9.88 Å². The normalized spacial score (nSPS) is 11.1. The Bertz CT molecular complexity index is 774. The number of rotatable bonds is 4. The molecule has 2 rings (SSSR count). The van der Waals surface area contributed by atoms with E-state index in [1.54, 1.807) is 36.4 Å². The van der Waals surface area contributed by atoms with E-state index in [1.165, 1.54) is 23.5 Å². The molecule has 0 aliphatic rings. The highest BCUT2D eigenvalue weighted by Crippen LogP contribution is 2.24. The Hall–Kier alpha value is -1.63. The summed E-state index contributed by atoms with van der Waals surface area (Å²) in [7, 11) is -2.18. The molecule has 0 unspecified atom stereocenters. The molecule has 0 saturated carbocycles. The SMILES string of the molecule is CN(c1ccc(C(N)=S)cc1)S(=O)(=O)c1cccc(Cl)c1. The van der Waals surface area contributed by atoms with E-state index in [4.69, 9.17) is 29.6 Å². The van der Waals surface area contributed by atoms with Crippen LogP contribution in [0.1, 0.15) is 5.56 Å². The van der Waals surface area contributed by atoms with Gasteiger partial charge in [0.05, 0.1) is 10.6 Å². The molecule has 0 saturated heterocycles. The lowest BCUT2D eigenvalue weighted by molar-refractivity contribution is 0.594. The average Bonchev–Trinajstić information content (AvgIpc) is 2.46. The zero-order valence-electron chi connectivity index (χ0n) is 11.2. The third kappa shape index (κ3) is 3.34. The molecule has 2 aromatic rings. The van der Waals surface area contributed by atoms with Crippen LogP contribution in [0.25, 0.3) is 0 Å². The number of hydrogen-bond donors (Lipinski definition) is 1. The van der Waals surface area contributed by atoms with E-state index >= 15 is 0 Å². The Labute approximate surface area is 134 Å². The molecule has 2 N–H and O–H groups in total. The van der Waals surface area contributed by atoms with E-state index in [2.05, 4.69) is 0 Å². The van der Waals surface area contributed by atoms with Crippen LogP contribution < -0.4 is 10.0 Å². The number of halogens is 1. The lowest BCUT2D eigenvalue weighted by atomic mass is 10.2. The third-order valence-electron chi connectivity index (χ3n) is 2.97. The van der Waals surface area contributed by atoms with Crippen LogP contribution in [0.5, 0.6) is 0 Å². The number of nitrogens with two attached hydrogens (primary N) is 1. The fourth-order valence-electron chi connectivity index (χ4n) is 1.76. The Morgan fingerprint density at radius 3 is 2.33 bits per heavy atom.